The molecule has 2 aromatic rings. The van der Waals surface area contributed by atoms with E-state index in [4.69, 9.17) is 5.11 Å². The fourth-order valence-electron chi connectivity index (χ4n) is 1.64. The van der Waals surface area contributed by atoms with Crippen LogP contribution in [0.2, 0.25) is 0 Å². The van der Waals surface area contributed by atoms with Crippen molar-refractivity contribution in [3.05, 3.63) is 54.0 Å². The van der Waals surface area contributed by atoms with Crippen molar-refractivity contribution in [2.75, 3.05) is 4.72 Å². The highest BCUT2D eigenvalue weighted by Crippen LogP contribution is 2.17. The quantitative estimate of drug-likeness (QED) is 0.875. The zero-order chi connectivity index (χ0) is 15.5. The fraction of sp³-hybridized carbons (Fsp3) is 0.0769. The van der Waals surface area contributed by atoms with Crippen LogP contribution in [-0.2, 0) is 21.2 Å². The summed E-state index contributed by atoms with van der Waals surface area (Å²) in [5.41, 5.74) is 0.712. The number of rotatable bonds is 5. The summed E-state index contributed by atoms with van der Waals surface area (Å²) in [4.78, 5) is 14.0. The first-order chi connectivity index (χ1) is 9.88. The number of carbonyl (C=O) groups is 1. The van der Waals surface area contributed by atoms with Gasteiger partial charge in [-0.3, -0.25) is 9.52 Å². The molecule has 110 valence electrons. The third-order valence-electron chi connectivity index (χ3n) is 2.54. The summed E-state index contributed by atoms with van der Waals surface area (Å²) < 4.78 is 39.6. The molecule has 8 heteroatoms. The van der Waals surface area contributed by atoms with Gasteiger partial charge in [0.1, 0.15) is 0 Å². The fourth-order valence-corrected chi connectivity index (χ4v) is 2.71. The van der Waals surface area contributed by atoms with Crippen LogP contribution in [0.3, 0.4) is 0 Å². The van der Waals surface area contributed by atoms with Gasteiger partial charge in [-0.05, 0) is 29.8 Å². The third-order valence-corrected chi connectivity index (χ3v) is 3.85. The molecule has 2 N–H and O–H groups in total. The number of aromatic nitrogens is 1. The Morgan fingerprint density at radius 1 is 1.24 bits per heavy atom. The smallest absolute Gasteiger partial charge is 0.307 e. The summed E-state index contributed by atoms with van der Waals surface area (Å²) in [5.74, 6) is -1.94. The first-order valence-electron chi connectivity index (χ1n) is 5.82. The van der Waals surface area contributed by atoms with Crippen LogP contribution >= 0.6 is 0 Å². The number of nitrogens with zero attached hydrogens (tertiary/aromatic N) is 1. The van der Waals surface area contributed by atoms with Crippen molar-refractivity contribution in [1.82, 2.24) is 4.98 Å². The second-order valence-electron chi connectivity index (χ2n) is 4.16. The maximum atomic E-state index is 13.4. The van der Waals surface area contributed by atoms with E-state index in [0.717, 1.165) is 6.07 Å². The maximum absolute atomic E-state index is 13.4. The monoisotopic (exact) mass is 310 g/mol. The minimum absolute atomic E-state index is 0.165. The van der Waals surface area contributed by atoms with E-state index >= 15 is 0 Å². The molecule has 0 bridgehead atoms. The lowest BCUT2D eigenvalue weighted by Gasteiger charge is -2.08. The van der Waals surface area contributed by atoms with E-state index in [9.17, 15) is 17.6 Å². The molecule has 1 heterocycles. The Balaban J connectivity index is 2.21. The number of aliphatic carboxylic acids is 1. The van der Waals surface area contributed by atoms with Crippen LogP contribution in [0.4, 0.5) is 10.1 Å². The Labute approximate surface area is 120 Å². The van der Waals surface area contributed by atoms with Crippen molar-refractivity contribution in [2.24, 2.45) is 0 Å². The maximum Gasteiger partial charge on any atom is 0.307 e. The molecule has 1 aromatic carbocycles. The van der Waals surface area contributed by atoms with Crippen molar-refractivity contribution in [3.8, 4) is 0 Å². The highest BCUT2D eigenvalue weighted by molar-refractivity contribution is 7.92. The van der Waals surface area contributed by atoms with Gasteiger partial charge in [-0.25, -0.2) is 9.37 Å². The number of anilines is 1. The normalized spacial score (nSPS) is 11.1. The molecule has 0 aliphatic rings. The Bertz CT molecular complexity index is 760. The molecular formula is C13H11FN2O4S. The van der Waals surface area contributed by atoms with Gasteiger partial charge in [0.2, 0.25) is 5.03 Å². The predicted octanol–water partition coefficient (Wildman–Crippen LogP) is 1.65. The molecule has 0 atom stereocenters. The number of benzene rings is 1. The zero-order valence-electron chi connectivity index (χ0n) is 10.7. The molecule has 0 radical (unpaired) electrons. The van der Waals surface area contributed by atoms with Crippen LogP contribution in [0.1, 0.15) is 5.56 Å². The lowest BCUT2D eigenvalue weighted by molar-refractivity contribution is -0.136. The van der Waals surface area contributed by atoms with Gasteiger partial charge in [0.25, 0.3) is 10.0 Å². The number of hydrogen-bond donors (Lipinski definition) is 2. The van der Waals surface area contributed by atoms with Gasteiger partial charge in [-0.1, -0.05) is 12.1 Å². The van der Waals surface area contributed by atoms with E-state index < -0.39 is 26.8 Å². The topological polar surface area (TPSA) is 96.4 Å². The number of carboxylic acids is 1. The van der Waals surface area contributed by atoms with Crippen molar-refractivity contribution in [3.63, 3.8) is 0 Å². The van der Waals surface area contributed by atoms with Crippen molar-refractivity contribution < 1.29 is 22.7 Å². The summed E-state index contributed by atoms with van der Waals surface area (Å²) in [6, 6.07) is 8.03. The Hall–Kier alpha value is -2.48. The number of sulfonamides is 1. The molecule has 2 rings (SSSR count). The summed E-state index contributed by atoms with van der Waals surface area (Å²) >= 11 is 0. The molecule has 0 saturated carbocycles. The number of pyridine rings is 1. The minimum atomic E-state index is -4.13. The molecule has 21 heavy (non-hydrogen) atoms. The Morgan fingerprint density at radius 2 is 1.90 bits per heavy atom. The Kier molecular flexibility index (Phi) is 4.18. The van der Waals surface area contributed by atoms with Crippen LogP contribution < -0.4 is 4.72 Å². The van der Waals surface area contributed by atoms with E-state index in [1.165, 1.54) is 36.5 Å². The van der Waals surface area contributed by atoms with Gasteiger partial charge in [0.05, 0.1) is 6.42 Å². The van der Waals surface area contributed by atoms with Gasteiger partial charge in [-0.2, -0.15) is 8.42 Å². The van der Waals surface area contributed by atoms with E-state index in [0.29, 0.717) is 5.56 Å². The van der Waals surface area contributed by atoms with Crippen molar-refractivity contribution >= 4 is 21.7 Å². The largest absolute Gasteiger partial charge is 0.481 e. The third kappa shape index (κ3) is 3.76. The average Bonchev–Trinajstić information content (AvgIpc) is 2.40. The number of carboxylic acid groups (broad SMARTS) is 1. The molecule has 6 nitrogen and oxygen atoms in total. The van der Waals surface area contributed by atoms with Crippen molar-refractivity contribution in [2.45, 2.75) is 11.4 Å². The lowest BCUT2D eigenvalue weighted by Crippen LogP contribution is -2.16. The van der Waals surface area contributed by atoms with Gasteiger partial charge in [0, 0.05) is 11.9 Å². The summed E-state index contributed by atoms with van der Waals surface area (Å²) in [6.07, 6.45) is 1.01. The summed E-state index contributed by atoms with van der Waals surface area (Å²) in [7, 11) is -4.13. The summed E-state index contributed by atoms with van der Waals surface area (Å²) in [6.45, 7) is 0. The highest BCUT2D eigenvalue weighted by Gasteiger charge is 2.20. The van der Waals surface area contributed by atoms with E-state index in [-0.39, 0.29) is 12.1 Å². The molecular weight excluding hydrogens is 299 g/mol. The highest BCUT2D eigenvalue weighted by atomic mass is 32.2. The van der Waals surface area contributed by atoms with Gasteiger partial charge >= 0.3 is 5.97 Å². The molecule has 1 aromatic heterocycles. The van der Waals surface area contributed by atoms with Gasteiger partial charge < -0.3 is 5.11 Å². The first kappa shape index (κ1) is 14.9. The second-order valence-corrected chi connectivity index (χ2v) is 5.76. The van der Waals surface area contributed by atoms with Crippen LogP contribution in [0.15, 0.2) is 47.6 Å². The molecule has 0 amide bonds. The summed E-state index contributed by atoms with van der Waals surface area (Å²) in [5, 5.41) is 7.95. The number of halogens is 1. The first-order valence-corrected chi connectivity index (χ1v) is 7.31. The van der Waals surface area contributed by atoms with Crippen LogP contribution in [-0.4, -0.2) is 24.5 Å². The molecule has 0 aliphatic carbocycles. The zero-order valence-corrected chi connectivity index (χ0v) is 11.5. The lowest BCUT2D eigenvalue weighted by atomic mass is 10.1. The SMILES string of the molecule is O=C(O)Cc1ccc(NS(=O)(=O)c2ncccc2F)cc1. The van der Waals surface area contributed by atoms with E-state index in [1.807, 2.05) is 0 Å². The number of nitrogens with one attached hydrogen (secondary N) is 1. The molecule has 0 aliphatic heterocycles. The second kappa shape index (κ2) is 5.88. The number of hydrogen-bond acceptors (Lipinski definition) is 4. The molecule has 0 unspecified atom stereocenters. The van der Waals surface area contributed by atoms with E-state index in [2.05, 4.69) is 9.71 Å². The Morgan fingerprint density at radius 3 is 2.48 bits per heavy atom. The molecule has 0 spiro atoms. The standard InChI is InChI=1S/C13H11FN2O4S/c14-11-2-1-7-15-13(11)21(19,20)16-10-5-3-9(4-6-10)8-12(17)18/h1-7,16H,8H2,(H,17,18). The van der Waals surface area contributed by atoms with Crippen LogP contribution in [0.25, 0.3) is 0 Å². The van der Waals surface area contributed by atoms with Gasteiger partial charge in [0.15, 0.2) is 5.82 Å². The predicted molar refractivity (Wildman–Crippen MR) is 72.8 cm³/mol. The van der Waals surface area contributed by atoms with E-state index in [1.54, 1.807) is 0 Å². The van der Waals surface area contributed by atoms with Crippen LogP contribution in [0.5, 0.6) is 0 Å². The van der Waals surface area contributed by atoms with Crippen molar-refractivity contribution in [1.29, 1.82) is 0 Å². The molecule has 0 saturated heterocycles. The molecule has 0 fully saturated rings. The average molecular weight is 310 g/mol. The minimum Gasteiger partial charge on any atom is -0.481 e. The van der Waals surface area contributed by atoms with Crippen LogP contribution in [0, 0.1) is 5.82 Å². The van der Waals surface area contributed by atoms with Gasteiger partial charge in [-0.15, -0.1) is 0 Å².